The summed E-state index contributed by atoms with van der Waals surface area (Å²) in [6.45, 7) is 1.92. The van der Waals surface area contributed by atoms with Crippen LogP contribution in [-0.4, -0.2) is 20.6 Å². The molecule has 18 heavy (non-hydrogen) atoms. The maximum absolute atomic E-state index is 7.44. The number of hydrogen-bond acceptors (Lipinski definition) is 4. The second-order valence-electron chi connectivity index (χ2n) is 3.74. The Morgan fingerprint density at radius 1 is 1.56 bits per heavy atom. The summed E-state index contributed by atoms with van der Waals surface area (Å²) in [4.78, 5) is 4.20. The van der Waals surface area contributed by atoms with Crippen molar-refractivity contribution in [2.24, 2.45) is 12.8 Å². The minimum Gasteiger partial charge on any atom is -0.384 e. The summed E-state index contributed by atoms with van der Waals surface area (Å²) in [6.07, 6.45) is 1.59. The van der Waals surface area contributed by atoms with Crippen LogP contribution in [-0.2, 0) is 7.05 Å². The number of nitrogens with zero attached hydrogens (tertiary/aromatic N) is 3. The third kappa shape index (κ3) is 2.49. The van der Waals surface area contributed by atoms with E-state index in [9.17, 15) is 0 Å². The Morgan fingerprint density at radius 3 is 2.83 bits per heavy atom. The lowest BCUT2D eigenvalue weighted by Gasteiger charge is -2.06. The lowest BCUT2D eigenvalue weighted by Crippen LogP contribution is -2.12. The van der Waals surface area contributed by atoms with Crippen LogP contribution < -0.4 is 5.73 Å². The molecule has 0 atom stereocenters. The Labute approximate surface area is 114 Å². The molecule has 0 aliphatic heterocycles. The zero-order valence-corrected chi connectivity index (χ0v) is 11.5. The summed E-state index contributed by atoms with van der Waals surface area (Å²) in [5.74, 6) is -0.0644. The molecule has 2 aromatic rings. The van der Waals surface area contributed by atoms with Crippen LogP contribution in [0.25, 0.3) is 0 Å². The monoisotopic (exact) mass is 281 g/mol. The summed E-state index contributed by atoms with van der Waals surface area (Å²) in [5, 5.41) is 13.6. The fourth-order valence-electron chi connectivity index (χ4n) is 1.49. The predicted octanol–water partition coefficient (Wildman–Crippen LogP) is 2.21. The summed E-state index contributed by atoms with van der Waals surface area (Å²) >= 11 is 7.58. The Kier molecular flexibility index (Phi) is 3.58. The van der Waals surface area contributed by atoms with Gasteiger partial charge in [-0.3, -0.25) is 10.1 Å². The third-order valence-electron chi connectivity index (χ3n) is 2.31. The number of nitrogens with two attached hydrogens (primary N) is 1. The van der Waals surface area contributed by atoms with Gasteiger partial charge in [-0.2, -0.15) is 5.10 Å². The number of aryl methyl sites for hydroxylation is 2. The number of hydrogen-bond donors (Lipinski definition) is 2. The maximum atomic E-state index is 7.44. The Balaban J connectivity index is 2.38. The van der Waals surface area contributed by atoms with Gasteiger partial charge in [-0.1, -0.05) is 11.6 Å². The fraction of sp³-hybridized carbons (Fsp3) is 0.182. The van der Waals surface area contributed by atoms with Crippen LogP contribution in [0.1, 0.15) is 11.3 Å². The van der Waals surface area contributed by atoms with Gasteiger partial charge in [0.25, 0.3) is 0 Å². The average molecular weight is 282 g/mol. The molecule has 0 fully saturated rings. The van der Waals surface area contributed by atoms with Crippen LogP contribution >= 0.6 is 23.4 Å². The van der Waals surface area contributed by atoms with Crippen molar-refractivity contribution in [3.05, 3.63) is 34.6 Å². The van der Waals surface area contributed by atoms with E-state index in [1.165, 1.54) is 11.8 Å². The van der Waals surface area contributed by atoms with Gasteiger partial charge in [0.2, 0.25) is 0 Å². The Bertz CT molecular complexity index is 607. The van der Waals surface area contributed by atoms with Crippen LogP contribution in [0.15, 0.2) is 28.4 Å². The largest absolute Gasteiger partial charge is 0.384 e. The van der Waals surface area contributed by atoms with Crippen molar-refractivity contribution in [1.82, 2.24) is 14.8 Å². The molecule has 0 radical (unpaired) electrons. The van der Waals surface area contributed by atoms with Crippen LogP contribution in [0, 0.1) is 12.3 Å². The highest BCUT2D eigenvalue weighted by molar-refractivity contribution is 7.99. The number of aromatic nitrogens is 3. The molecule has 0 spiro atoms. The van der Waals surface area contributed by atoms with Crippen molar-refractivity contribution in [2.45, 2.75) is 17.0 Å². The van der Waals surface area contributed by atoms with Crippen molar-refractivity contribution in [3.63, 3.8) is 0 Å². The molecule has 5 nitrogen and oxygen atoms in total. The molecule has 7 heteroatoms. The first kappa shape index (κ1) is 12.9. The van der Waals surface area contributed by atoms with Gasteiger partial charge in [0.15, 0.2) is 0 Å². The first-order valence-corrected chi connectivity index (χ1v) is 6.36. The number of pyridine rings is 1. The highest BCUT2D eigenvalue weighted by atomic mass is 35.5. The zero-order chi connectivity index (χ0) is 13.3. The number of halogens is 1. The lowest BCUT2D eigenvalue weighted by molar-refractivity contribution is 0.692. The van der Waals surface area contributed by atoms with E-state index in [1.807, 2.05) is 20.0 Å². The van der Waals surface area contributed by atoms with Gasteiger partial charge in [0, 0.05) is 18.8 Å². The number of amidine groups is 1. The zero-order valence-electron chi connectivity index (χ0n) is 9.94. The molecule has 0 aliphatic rings. The molecule has 0 saturated carbocycles. The molecular weight excluding hydrogens is 270 g/mol. The number of rotatable bonds is 3. The van der Waals surface area contributed by atoms with Crippen LogP contribution in [0.5, 0.6) is 0 Å². The molecular formula is C11H12ClN5S. The van der Waals surface area contributed by atoms with Crippen LogP contribution in [0.2, 0.25) is 5.02 Å². The topological polar surface area (TPSA) is 80.6 Å². The molecule has 0 saturated heterocycles. The van der Waals surface area contributed by atoms with Crippen molar-refractivity contribution >= 4 is 29.2 Å². The minimum absolute atomic E-state index is 0.0644. The minimum atomic E-state index is -0.0644. The SMILES string of the molecule is Cc1cc(Sc2nccc(C(=N)N)c2Cl)n(C)n1. The first-order chi connectivity index (χ1) is 8.49. The maximum Gasteiger partial charge on any atom is 0.124 e. The van der Waals surface area contributed by atoms with Gasteiger partial charge in [-0.25, -0.2) is 4.98 Å². The van der Waals surface area contributed by atoms with Gasteiger partial charge < -0.3 is 5.73 Å². The van der Waals surface area contributed by atoms with E-state index in [1.54, 1.807) is 16.9 Å². The van der Waals surface area contributed by atoms with E-state index in [4.69, 9.17) is 22.7 Å². The molecule has 3 N–H and O–H groups in total. The molecule has 2 aromatic heterocycles. The van der Waals surface area contributed by atoms with Gasteiger partial charge in [-0.05, 0) is 30.8 Å². The Morgan fingerprint density at radius 2 is 2.28 bits per heavy atom. The summed E-state index contributed by atoms with van der Waals surface area (Å²) in [5.41, 5.74) is 6.88. The smallest absolute Gasteiger partial charge is 0.124 e. The van der Waals surface area contributed by atoms with Gasteiger partial charge in [0.1, 0.15) is 15.9 Å². The molecule has 0 aliphatic carbocycles. The van der Waals surface area contributed by atoms with E-state index < -0.39 is 0 Å². The van der Waals surface area contributed by atoms with Crippen LogP contribution in [0.4, 0.5) is 0 Å². The van der Waals surface area contributed by atoms with E-state index >= 15 is 0 Å². The summed E-state index contributed by atoms with van der Waals surface area (Å²) < 4.78 is 1.76. The molecule has 0 bridgehead atoms. The van der Waals surface area contributed by atoms with E-state index in [-0.39, 0.29) is 5.84 Å². The molecule has 0 unspecified atom stereocenters. The summed E-state index contributed by atoms with van der Waals surface area (Å²) in [7, 11) is 1.86. The molecule has 94 valence electrons. The fourth-order valence-corrected chi connectivity index (χ4v) is 2.73. The predicted molar refractivity (Wildman–Crippen MR) is 72.3 cm³/mol. The Hall–Kier alpha value is -1.53. The quantitative estimate of drug-likeness (QED) is 0.668. The number of nitrogen functional groups attached to an aromatic ring is 1. The number of nitrogens with one attached hydrogen (secondary N) is 1. The van der Waals surface area contributed by atoms with Gasteiger partial charge in [-0.15, -0.1) is 0 Å². The molecule has 2 rings (SSSR count). The first-order valence-electron chi connectivity index (χ1n) is 5.16. The molecule has 0 amide bonds. The third-order valence-corrected chi connectivity index (χ3v) is 3.90. The standard InChI is InChI=1S/C11H12ClN5S/c1-6-5-8(17(2)16-6)18-11-9(12)7(10(13)14)3-4-15-11/h3-5H,1-2H3,(H3,13,14). The second kappa shape index (κ2) is 4.99. The summed E-state index contributed by atoms with van der Waals surface area (Å²) in [6, 6.07) is 3.58. The van der Waals surface area contributed by atoms with Crippen molar-refractivity contribution in [2.75, 3.05) is 0 Å². The lowest BCUT2D eigenvalue weighted by atomic mass is 10.2. The van der Waals surface area contributed by atoms with Crippen molar-refractivity contribution in [3.8, 4) is 0 Å². The van der Waals surface area contributed by atoms with Crippen molar-refractivity contribution < 1.29 is 0 Å². The van der Waals surface area contributed by atoms with Gasteiger partial charge >= 0.3 is 0 Å². The molecule has 2 heterocycles. The van der Waals surface area contributed by atoms with E-state index in [0.717, 1.165) is 10.7 Å². The normalized spacial score (nSPS) is 10.6. The van der Waals surface area contributed by atoms with E-state index in [0.29, 0.717) is 15.6 Å². The van der Waals surface area contributed by atoms with E-state index in [2.05, 4.69) is 10.1 Å². The highest BCUT2D eigenvalue weighted by Crippen LogP contribution is 2.33. The second-order valence-corrected chi connectivity index (χ2v) is 5.13. The molecule has 0 aromatic carbocycles. The van der Waals surface area contributed by atoms with Gasteiger partial charge in [0.05, 0.1) is 10.7 Å². The highest BCUT2D eigenvalue weighted by Gasteiger charge is 2.13. The van der Waals surface area contributed by atoms with Crippen molar-refractivity contribution in [1.29, 1.82) is 5.41 Å². The van der Waals surface area contributed by atoms with Crippen LogP contribution in [0.3, 0.4) is 0 Å². The average Bonchev–Trinajstić information content (AvgIpc) is 2.60.